The lowest BCUT2D eigenvalue weighted by molar-refractivity contribution is -0.00158. The Bertz CT molecular complexity index is 1380. The minimum Gasteiger partial charge on any atom is -0.382 e. The molecule has 6 rings (SSSR count). The molecule has 4 aromatic heterocycles. The van der Waals surface area contributed by atoms with Crippen molar-refractivity contribution in [3.8, 4) is 11.1 Å². The number of rotatable bonds is 8. The molecule has 1 N–H and O–H groups in total. The van der Waals surface area contributed by atoms with Gasteiger partial charge in [0.1, 0.15) is 11.3 Å². The topological polar surface area (TPSA) is 98.3 Å². The summed E-state index contributed by atoms with van der Waals surface area (Å²) < 4.78 is 14.7. The van der Waals surface area contributed by atoms with Gasteiger partial charge in [-0.2, -0.15) is 0 Å². The lowest BCUT2D eigenvalue weighted by Gasteiger charge is -2.29. The van der Waals surface area contributed by atoms with Gasteiger partial charge in [-0.05, 0) is 56.7 Å². The van der Waals surface area contributed by atoms with E-state index >= 15 is 0 Å². The summed E-state index contributed by atoms with van der Waals surface area (Å²) >= 11 is 0. The van der Waals surface area contributed by atoms with Crippen LogP contribution >= 0.6 is 0 Å². The second-order valence-corrected chi connectivity index (χ2v) is 9.91. The van der Waals surface area contributed by atoms with Crippen LogP contribution in [0.4, 0.5) is 5.95 Å². The summed E-state index contributed by atoms with van der Waals surface area (Å²) in [6.07, 6.45) is 14.0. The van der Waals surface area contributed by atoms with Crippen LogP contribution in [-0.4, -0.2) is 80.3 Å². The molecule has 37 heavy (non-hydrogen) atoms. The van der Waals surface area contributed by atoms with Crippen molar-refractivity contribution in [1.82, 2.24) is 28.9 Å². The van der Waals surface area contributed by atoms with Crippen LogP contribution in [0.25, 0.3) is 22.3 Å². The molecule has 4 aromatic rings. The minimum atomic E-state index is 0.0403. The van der Waals surface area contributed by atoms with Gasteiger partial charge in [0, 0.05) is 49.8 Å². The molecule has 0 aromatic carbocycles. The zero-order valence-electron chi connectivity index (χ0n) is 21.2. The van der Waals surface area contributed by atoms with E-state index in [2.05, 4.69) is 15.3 Å². The Hall–Kier alpha value is -3.50. The SMILES string of the molecule is COCCO[C@H]1CC[C@H](Nc2ncc3c(-c4ccc5ncc(C(=O)N6CCCC6)n5c4)ccn3n2)CC1. The number of carbonyl (C=O) groups is 1. The van der Waals surface area contributed by atoms with E-state index in [-0.39, 0.29) is 5.91 Å². The molecule has 0 bridgehead atoms. The molecule has 10 nitrogen and oxygen atoms in total. The summed E-state index contributed by atoms with van der Waals surface area (Å²) in [5, 5.41) is 8.21. The van der Waals surface area contributed by atoms with Crippen molar-refractivity contribution < 1.29 is 14.3 Å². The van der Waals surface area contributed by atoms with Crippen molar-refractivity contribution in [3.05, 3.63) is 48.7 Å². The molecular weight excluding hydrogens is 470 g/mol. The zero-order chi connectivity index (χ0) is 25.2. The van der Waals surface area contributed by atoms with E-state index < -0.39 is 0 Å². The minimum absolute atomic E-state index is 0.0403. The van der Waals surface area contributed by atoms with Crippen LogP contribution in [0, 0.1) is 0 Å². The maximum Gasteiger partial charge on any atom is 0.272 e. The number of pyridine rings is 1. The molecule has 1 saturated heterocycles. The Kier molecular flexibility index (Phi) is 6.75. The summed E-state index contributed by atoms with van der Waals surface area (Å²) in [5.74, 6) is 0.667. The highest BCUT2D eigenvalue weighted by molar-refractivity contribution is 5.93. The zero-order valence-corrected chi connectivity index (χ0v) is 21.2. The Morgan fingerprint density at radius 3 is 2.70 bits per heavy atom. The third-order valence-electron chi connectivity index (χ3n) is 7.49. The van der Waals surface area contributed by atoms with Crippen LogP contribution in [0.15, 0.2) is 43.0 Å². The van der Waals surface area contributed by atoms with Crippen LogP contribution in [0.2, 0.25) is 0 Å². The van der Waals surface area contributed by atoms with Gasteiger partial charge in [0.05, 0.1) is 37.2 Å². The first-order valence-electron chi connectivity index (χ1n) is 13.2. The molecule has 194 valence electrons. The van der Waals surface area contributed by atoms with Crippen LogP contribution in [-0.2, 0) is 9.47 Å². The number of fused-ring (bicyclic) bond motifs is 2. The standard InChI is InChI=1S/C27H33N7O3/c1-36-14-15-37-21-7-5-20(6-8-21)30-27-29-16-23-22(10-13-34(23)31-27)19-4-9-25-28-17-24(33(25)18-19)26(35)32-11-2-3-12-32/h4,9-10,13,16-18,20-21H,2-3,5-8,11-12,14-15H2,1H3,(H,30,31)/t20-,21-. The van der Waals surface area contributed by atoms with Gasteiger partial charge in [-0.1, -0.05) is 0 Å². The van der Waals surface area contributed by atoms with Gasteiger partial charge in [-0.3, -0.25) is 9.20 Å². The molecule has 0 unspecified atom stereocenters. The smallest absolute Gasteiger partial charge is 0.272 e. The van der Waals surface area contributed by atoms with E-state index in [9.17, 15) is 4.79 Å². The molecule has 1 saturated carbocycles. The first-order valence-corrected chi connectivity index (χ1v) is 13.2. The molecule has 1 amide bonds. The lowest BCUT2D eigenvalue weighted by Crippen LogP contribution is -2.31. The summed E-state index contributed by atoms with van der Waals surface area (Å²) in [7, 11) is 1.70. The van der Waals surface area contributed by atoms with E-state index in [4.69, 9.17) is 14.6 Å². The lowest BCUT2D eigenvalue weighted by atomic mass is 9.93. The Labute approximate surface area is 215 Å². The average molecular weight is 504 g/mol. The highest BCUT2D eigenvalue weighted by atomic mass is 16.5. The van der Waals surface area contributed by atoms with Gasteiger partial charge in [0.2, 0.25) is 5.95 Å². The van der Waals surface area contributed by atoms with Gasteiger partial charge in [-0.25, -0.2) is 14.5 Å². The fraction of sp³-hybridized carbons (Fsp3) is 0.481. The molecule has 0 spiro atoms. The molecule has 1 aliphatic heterocycles. The van der Waals surface area contributed by atoms with E-state index in [1.807, 2.05) is 50.6 Å². The third kappa shape index (κ3) is 4.91. The summed E-state index contributed by atoms with van der Waals surface area (Å²) in [6.45, 7) is 2.91. The van der Waals surface area contributed by atoms with E-state index in [1.165, 1.54) is 0 Å². The number of amides is 1. The first kappa shape index (κ1) is 23.9. The van der Waals surface area contributed by atoms with Gasteiger partial charge >= 0.3 is 0 Å². The Morgan fingerprint density at radius 1 is 1.05 bits per heavy atom. The van der Waals surface area contributed by atoms with Crippen molar-refractivity contribution in [2.75, 3.05) is 38.7 Å². The average Bonchev–Trinajstić information content (AvgIpc) is 3.69. The van der Waals surface area contributed by atoms with Gasteiger partial charge < -0.3 is 19.7 Å². The monoisotopic (exact) mass is 503 g/mol. The van der Waals surface area contributed by atoms with Crippen molar-refractivity contribution in [1.29, 1.82) is 0 Å². The number of hydrogen-bond donors (Lipinski definition) is 1. The summed E-state index contributed by atoms with van der Waals surface area (Å²) in [4.78, 5) is 24.0. The number of hydrogen-bond acceptors (Lipinski definition) is 7. The van der Waals surface area contributed by atoms with Gasteiger partial charge in [0.25, 0.3) is 5.91 Å². The quantitative estimate of drug-likeness (QED) is 0.366. The number of imidazole rings is 1. The largest absolute Gasteiger partial charge is 0.382 e. The number of methoxy groups -OCH3 is 1. The van der Waals surface area contributed by atoms with E-state index in [1.54, 1.807) is 13.3 Å². The van der Waals surface area contributed by atoms with Crippen molar-refractivity contribution >= 4 is 23.0 Å². The van der Waals surface area contributed by atoms with Crippen molar-refractivity contribution in [3.63, 3.8) is 0 Å². The summed E-state index contributed by atoms with van der Waals surface area (Å²) in [5.41, 5.74) is 4.27. The molecule has 0 radical (unpaired) electrons. The molecule has 10 heteroatoms. The number of aromatic nitrogens is 5. The first-order chi connectivity index (χ1) is 18.2. The number of nitrogens with one attached hydrogen (secondary N) is 1. The van der Waals surface area contributed by atoms with Crippen molar-refractivity contribution in [2.24, 2.45) is 0 Å². The van der Waals surface area contributed by atoms with Crippen LogP contribution in [0.1, 0.15) is 49.0 Å². The normalized spacial score (nSPS) is 20.2. The van der Waals surface area contributed by atoms with Crippen LogP contribution in [0.5, 0.6) is 0 Å². The fourth-order valence-corrected chi connectivity index (χ4v) is 5.45. The number of carbonyl (C=O) groups excluding carboxylic acids is 1. The Balaban J connectivity index is 1.17. The number of ether oxygens (including phenoxy) is 2. The molecular formula is C27H33N7O3. The molecule has 1 aliphatic carbocycles. The number of likely N-dealkylation sites (tertiary alicyclic amines) is 1. The Morgan fingerprint density at radius 2 is 1.89 bits per heavy atom. The van der Waals surface area contributed by atoms with Gasteiger partial charge in [0.15, 0.2) is 0 Å². The maximum atomic E-state index is 13.0. The van der Waals surface area contributed by atoms with Crippen LogP contribution in [0.3, 0.4) is 0 Å². The highest BCUT2D eigenvalue weighted by Gasteiger charge is 2.24. The second-order valence-electron chi connectivity index (χ2n) is 9.91. The van der Waals surface area contributed by atoms with E-state index in [0.717, 1.165) is 73.9 Å². The maximum absolute atomic E-state index is 13.0. The third-order valence-corrected chi connectivity index (χ3v) is 7.49. The predicted octanol–water partition coefficient (Wildman–Crippen LogP) is 3.67. The fourth-order valence-electron chi connectivity index (χ4n) is 5.45. The molecule has 5 heterocycles. The number of anilines is 1. The van der Waals surface area contributed by atoms with E-state index in [0.29, 0.717) is 37.0 Å². The summed E-state index contributed by atoms with van der Waals surface area (Å²) in [6, 6.07) is 6.36. The molecule has 2 aliphatic rings. The molecule has 0 atom stereocenters. The predicted molar refractivity (Wildman–Crippen MR) is 140 cm³/mol. The number of nitrogens with zero attached hydrogens (tertiary/aromatic N) is 6. The van der Waals surface area contributed by atoms with Gasteiger partial charge in [-0.15, -0.1) is 5.10 Å². The molecule has 2 fully saturated rings. The van der Waals surface area contributed by atoms with Crippen molar-refractivity contribution in [2.45, 2.75) is 50.7 Å². The highest BCUT2D eigenvalue weighted by Crippen LogP contribution is 2.28. The second kappa shape index (κ2) is 10.5. The van der Waals surface area contributed by atoms with Crippen LogP contribution < -0.4 is 5.32 Å².